The van der Waals surface area contributed by atoms with Crippen LogP contribution in [0.5, 0.6) is 0 Å². The van der Waals surface area contributed by atoms with Crippen molar-refractivity contribution < 1.29 is 43.2 Å². The Bertz CT molecular complexity index is 880. The molecule has 1 aromatic rings. The number of carbonyl (C=O) groups is 3. The van der Waals surface area contributed by atoms with E-state index in [9.17, 15) is 19.5 Å². The maximum Gasteiger partial charge on any atom is 0.407 e. The summed E-state index contributed by atoms with van der Waals surface area (Å²) in [6.07, 6.45) is -1.16. The van der Waals surface area contributed by atoms with E-state index in [1.54, 1.807) is 13.8 Å². The van der Waals surface area contributed by atoms with Crippen molar-refractivity contribution >= 4 is 18.0 Å². The second kappa shape index (κ2) is 13.0. The Hall–Kier alpha value is -2.73. The molecule has 2 aliphatic heterocycles. The maximum absolute atomic E-state index is 11.8. The second-order valence-electron chi connectivity index (χ2n) is 9.33. The number of fused-ring (bicyclic) bond motifs is 1. The van der Waals surface area contributed by atoms with Gasteiger partial charge in [0.2, 0.25) is 5.91 Å². The van der Waals surface area contributed by atoms with Gasteiger partial charge in [-0.05, 0) is 32.3 Å². The molecule has 0 spiro atoms. The fourth-order valence-corrected chi connectivity index (χ4v) is 4.26. The number of benzene rings is 1. The topological polar surface area (TPSA) is 142 Å². The zero-order valence-electron chi connectivity index (χ0n) is 20.9. The van der Waals surface area contributed by atoms with E-state index >= 15 is 0 Å². The van der Waals surface area contributed by atoms with Crippen LogP contribution in [-0.2, 0) is 39.9 Å². The molecule has 3 N–H and O–H groups in total. The maximum atomic E-state index is 11.8. The summed E-state index contributed by atoms with van der Waals surface area (Å²) < 4.78 is 28.4. The number of aliphatic carboxylic acids is 1. The van der Waals surface area contributed by atoms with E-state index in [2.05, 4.69) is 10.6 Å². The van der Waals surface area contributed by atoms with Crippen molar-refractivity contribution in [3.05, 3.63) is 35.9 Å². The molecule has 11 heteroatoms. The summed E-state index contributed by atoms with van der Waals surface area (Å²) in [7, 11) is 0. The van der Waals surface area contributed by atoms with E-state index in [0.29, 0.717) is 19.6 Å². The van der Waals surface area contributed by atoms with Crippen LogP contribution in [-0.4, -0.2) is 72.7 Å². The normalized spacial score (nSPS) is 26.6. The van der Waals surface area contributed by atoms with Crippen LogP contribution in [0.25, 0.3) is 0 Å². The highest BCUT2D eigenvalue weighted by Crippen LogP contribution is 2.38. The zero-order chi connectivity index (χ0) is 26.1. The third-order valence-electron chi connectivity index (χ3n) is 5.84. The molecular weight excluding hydrogens is 472 g/mol. The Labute approximate surface area is 210 Å². The Kier molecular flexibility index (Phi) is 10.1. The molecule has 3 rings (SSSR count). The molecule has 0 aliphatic carbocycles. The number of rotatable bonds is 12. The number of carbonyl (C=O) groups excluding carboxylic acids is 2. The number of alkyl carbamates (subject to hydrolysis) is 1. The third-order valence-corrected chi connectivity index (χ3v) is 5.84. The Morgan fingerprint density at radius 3 is 2.42 bits per heavy atom. The first-order chi connectivity index (χ1) is 17.2. The van der Waals surface area contributed by atoms with Crippen molar-refractivity contribution in [1.82, 2.24) is 10.6 Å². The molecule has 0 saturated carbocycles. The van der Waals surface area contributed by atoms with Crippen LogP contribution in [0.3, 0.4) is 0 Å². The molecule has 0 aromatic heterocycles. The predicted molar refractivity (Wildman–Crippen MR) is 127 cm³/mol. The summed E-state index contributed by atoms with van der Waals surface area (Å²) in [5.74, 6) is -2.51. The van der Waals surface area contributed by atoms with Gasteiger partial charge >= 0.3 is 12.1 Å². The van der Waals surface area contributed by atoms with Crippen molar-refractivity contribution in [2.45, 2.75) is 89.5 Å². The molecule has 5 atom stereocenters. The van der Waals surface area contributed by atoms with Gasteiger partial charge in [0.25, 0.3) is 0 Å². The van der Waals surface area contributed by atoms with Crippen molar-refractivity contribution in [2.75, 3.05) is 13.2 Å². The van der Waals surface area contributed by atoms with Crippen molar-refractivity contribution in [3.8, 4) is 0 Å². The number of hydrogen-bond acceptors (Lipinski definition) is 8. The van der Waals surface area contributed by atoms with Gasteiger partial charge in [-0.25, -0.2) is 9.59 Å². The molecule has 1 aromatic carbocycles. The molecule has 200 valence electrons. The average Bonchev–Trinajstić information content (AvgIpc) is 3.15. The van der Waals surface area contributed by atoms with Crippen LogP contribution in [0.4, 0.5) is 4.79 Å². The van der Waals surface area contributed by atoms with E-state index in [4.69, 9.17) is 23.7 Å². The summed E-state index contributed by atoms with van der Waals surface area (Å²) in [5.41, 5.74) is 0.927. The molecule has 0 radical (unpaired) electrons. The molecule has 5 unspecified atom stereocenters. The van der Waals surface area contributed by atoms with Crippen molar-refractivity contribution in [2.24, 2.45) is 0 Å². The van der Waals surface area contributed by atoms with Gasteiger partial charge < -0.3 is 39.4 Å². The molecule has 0 bridgehead atoms. The fourth-order valence-electron chi connectivity index (χ4n) is 4.26. The number of nitrogens with one attached hydrogen (secondary N) is 2. The van der Waals surface area contributed by atoms with Gasteiger partial charge in [0.1, 0.15) is 24.9 Å². The molecule has 2 saturated heterocycles. The zero-order valence-corrected chi connectivity index (χ0v) is 20.9. The average molecular weight is 509 g/mol. The molecule has 2 fully saturated rings. The lowest BCUT2D eigenvalue weighted by molar-refractivity contribution is -0.246. The number of carboxylic acid groups (broad SMARTS) is 1. The minimum absolute atomic E-state index is 0.228. The summed E-state index contributed by atoms with van der Waals surface area (Å²) in [6, 6.07) is 8.75. The lowest BCUT2D eigenvalue weighted by atomic mass is 9.96. The Balaban J connectivity index is 1.36. The molecule has 36 heavy (non-hydrogen) atoms. The van der Waals surface area contributed by atoms with Crippen LogP contribution in [0.1, 0.15) is 52.0 Å². The largest absolute Gasteiger partial charge is 0.479 e. The summed E-state index contributed by atoms with van der Waals surface area (Å²) in [6.45, 7) is 5.77. The Morgan fingerprint density at radius 2 is 1.72 bits per heavy atom. The van der Waals surface area contributed by atoms with Crippen molar-refractivity contribution in [1.29, 1.82) is 0 Å². The number of amides is 2. The standard InChI is InChI=1S/C25H36N2O9/c1-16(28)27-18-19-20(36-25(2,3)35-19)21(22(29)30)34-23(18)32-14-10-5-4-9-13-26-24(31)33-15-17-11-7-6-8-12-17/h6-8,11-12,18-21,23H,4-5,9-10,13-15H2,1-3H3,(H,26,31)(H,27,28)(H,29,30). The van der Waals surface area contributed by atoms with Gasteiger partial charge in [0, 0.05) is 20.1 Å². The first kappa shape index (κ1) is 27.9. The van der Waals surface area contributed by atoms with Gasteiger partial charge in [-0.2, -0.15) is 0 Å². The van der Waals surface area contributed by atoms with Gasteiger partial charge in [-0.3, -0.25) is 4.79 Å². The number of carboxylic acids is 1. The highest BCUT2D eigenvalue weighted by Gasteiger charge is 2.58. The Morgan fingerprint density at radius 1 is 1.03 bits per heavy atom. The van der Waals surface area contributed by atoms with Gasteiger partial charge in [-0.1, -0.05) is 43.2 Å². The molecule has 2 heterocycles. The SMILES string of the molecule is CC(=O)NC1C(OCCCCCCNC(=O)OCc2ccccc2)OC(C(=O)O)C2OC(C)(C)OC12. The summed E-state index contributed by atoms with van der Waals surface area (Å²) >= 11 is 0. The highest BCUT2D eigenvalue weighted by molar-refractivity contribution is 5.75. The van der Waals surface area contributed by atoms with Crippen molar-refractivity contribution in [3.63, 3.8) is 0 Å². The third kappa shape index (κ3) is 8.16. The van der Waals surface area contributed by atoms with Crippen LogP contribution in [0, 0.1) is 0 Å². The summed E-state index contributed by atoms with van der Waals surface area (Å²) in [4.78, 5) is 35.3. The number of hydrogen-bond donors (Lipinski definition) is 3. The van der Waals surface area contributed by atoms with Gasteiger partial charge in [0.15, 0.2) is 18.2 Å². The molecule has 11 nitrogen and oxygen atoms in total. The molecular formula is C25H36N2O9. The number of unbranched alkanes of at least 4 members (excludes halogenated alkanes) is 3. The second-order valence-corrected chi connectivity index (χ2v) is 9.33. The summed E-state index contributed by atoms with van der Waals surface area (Å²) in [5, 5.41) is 15.1. The predicted octanol–water partition coefficient (Wildman–Crippen LogP) is 2.32. The van der Waals surface area contributed by atoms with Crippen LogP contribution in [0.15, 0.2) is 30.3 Å². The fraction of sp³-hybridized carbons (Fsp3) is 0.640. The molecule has 2 aliphatic rings. The first-order valence-corrected chi connectivity index (χ1v) is 12.2. The smallest absolute Gasteiger partial charge is 0.407 e. The van der Waals surface area contributed by atoms with Crippen LogP contribution >= 0.6 is 0 Å². The van der Waals surface area contributed by atoms with E-state index < -0.39 is 48.5 Å². The van der Waals surface area contributed by atoms with Gasteiger partial charge in [-0.15, -0.1) is 0 Å². The lowest BCUT2D eigenvalue weighted by Gasteiger charge is -2.40. The number of ether oxygens (including phenoxy) is 5. The van der Waals surface area contributed by atoms with E-state index in [1.807, 2.05) is 30.3 Å². The first-order valence-electron chi connectivity index (χ1n) is 12.2. The highest BCUT2D eigenvalue weighted by atomic mass is 16.8. The quantitative estimate of drug-likeness (QED) is 0.363. The lowest BCUT2D eigenvalue weighted by Crippen LogP contribution is -2.64. The van der Waals surface area contributed by atoms with E-state index in [0.717, 1.165) is 24.8 Å². The minimum Gasteiger partial charge on any atom is -0.479 e. The molecule has 2 amide bonds. The van der Waals surface area contributed by atoms with Crippen LogP contribution in [0.2, 0.25) is 0 Å². The van der Waals surface area contributed by atoms with E-state index in [1.165, 1.54) is 6.92 Å². The van der Waals surface area contributed by atoms with Gasteiger partial charge in [0.05, 0.1) is 0 Å². The van der Waals surface area contributed by atoms with E-state index in [-0.39, 0.29) is 12.5 Å². The monoisotopic (exact) mass is 508 g/mol. The minimum atomic E-state index is -1.28. The van der Waals surface area contributed by atoms with Crippen LogP contribution < -0.4 is 10.6 Å².